The van der Waals surface area contributed by atoms with Crippen LogP contribution in [0.5, 0.6) is 5.75 Å². The number of carbonyl (C=O) groups is 1. The minimum absolute atomic E-state index is 0.000438. The molecule has 0 aromatic heterocycles. The Bertz CT molecular complexity index is 665. The first kappa shape index (κ1) is 13.5. The number of amides is 1. The highest BCUT2D eigenvalue weighted by atomic mass is 16.5. The lowest BCUT2D eigenvalue weighted by molar-refractivity contribution is 0.0996. The number of hydrogen-bond acceptors (Lipinski definition) is 3. The van der Waals surface area contributed by atoms with E-state index in [1.165, 1.54) is 0 Å². The molecule has 1 aliphatic rings. The van der Waals surface area contributed by atoms with E-state index in [4.69, 9.17) is 10.5 Å². The van der Waals surface area contributed by atoms with E-state index in [1.54, 1.807) is 4.90 Å². The van der Waals surface area contributed by atoms with Crippen molar-refractivity contribution in [1.29, 1.82) is 0 Å². The van der Waals surface area contributed by atoms with Gasteiger partial charge in [0, 0.05) is 22.5 Å². The molecule has 0 spiro atoms. The predicted octanol–water partition coefficient (Wildman–Crippen LogP) is 3.22. The lowest BCUT2D eigenvalue weighted by Crippen LogP contribution is -2.22. The van der Waals surface area contributed by atoms with Crippen LogP contribution >= 0.6 is 0 Å². The minimum Gasteiger partial charge on any atom is -0.494 e. The third-order valence-electron chi connectivity index (χ3n) is 3.63. The van der Waals surface area contributed by atoms with Crippen LogP contribution in [-0.2, 0) is 6.54 Å². The third-order valence-corrected chi connectivity index (χ3v) is 3.63. The predicted molar refractivity (Wildman–Crippen MR) is 83.6 cm³/mol. The maximum atomic E-state index is 12.4. The van der Waals surface area contributed by atoms with Gasteiger partial charge in [-0.15, -0.1) is 0 Å². The van der Waals surface area contributed by atoms with Crippen LogP contribution in [-0.4, -0.2) is 12.5 Å². The summed E-state index contributed by atoms with van der Waals surface area (Å²) >= 11 is 0. The molecule has 2 N–H and O–H groups in total. The number of fused-ring (bicyclic) bond motifs is 1. The van der Waals surface area contributed by atoms with E-state index in [0.717, 1.165) is 23.4 Å². The number of rotatable bonds is 4. The molecule has 0 bridgehead atoms. The molecular weight excluding hydrogens is 264 g/mol. The molecule has 2 aromatic rings. The Hall–Kier alpha value is -2.49. The second-order valence-electron chi connectivity index (χ2n) is 5.11. The molecule has 0 saturated carbocycles. The zero-order valence-corrected chi connectivity index (χ0v) is 12.0. The largest absolute Gasteiger partial charge is 0.494 e. The van der Waals surface area contributed by atoms with Crippen molar-refractivity contribution in [3.63, 3.8) is 0 Å². The number of anilines is 2. The maximum Gasteiger partial charge on any atom is 0.259 e. The van der Waals surface area contributed by atoms with Crippen LogP contribution < -0.4 is 15.4 Å². The Morgan fingerprint density at radius 1 is 1.19 bits per heavy atom. The van der Waals surface area contributed by atoms with Gasteiger partial charge in [-0.2, -0.15) is 0 Å². The van der Waals surface area contributed by atoms with E-state index in [-0.39, 0.29) is 5.91 Å². The van der Waals surface area contributed by atoms with E-state index in [0.29, 0.717) is 24.4 Å². The first-order chi connectivity index (χ1) is 10.2. The van der Waals surface area contributed by atoms with E-state index >= 15 is 0 Å². The highest BCUT2D eigenvalue weighted by molar-refractivity contribution is 6.11. The molecule has 0 saturated heterocycles. The fourth-order valence-electron chi connectivity index (χ4n) is 2.51. The average molecular weight is 282 g/mol. The Morgan fingerprint density at radius 2 is 1.95 bits per heavy atom. The summed E-state index contributed by atoms with van der Waals surface area (Å²) in [7, 11) is 0. The molecular formula is C17H18N2O2. The van der Waals surface area contributed by atoms with Gasteiger partial charge < -0.3 is 15.4 Å². The highest BCUT2D eigenvalue weighted by Gasteiger charge is 2.29. The number of nitrogen functional groups attached to an aromatic ring is 1. The van der Waals surface area contributed by atoms with Crippen molar-refractivity contribution in [3.05, 3.63) is 53.6 Å². The van der Waals surface area contributed by atoms with Gasteiger partial charge in [-0.25, -0.2) is 0 Å². The van der Waals surface area contributed by atoms with Gasteiger partial charge in [0.25, 0.3) is 5.91 Å². The molecule has 1 heterocycles. The van der Waals surface area contributed by atoms with Gasteiger partial charge in [0.2, 0.25) is 0 Å². The van der Waals surface area contributed by atoms with Crippen LogP contribution in [0.25, 0.3) is 0 Å². The molecule has 21 heavy (non-hydrogen) atoms. The molecule has 0 fully saturated rings. The molecule has 4 heteroatoms. The zero-order valence-electron chi connectivity index (χ0n) is 12.0. The molecule has 0 radical (unpaired) electrons. The zero-order chi connectivity index (χ0) is 14.8. The number of carbonyl (C=O) groups excluding carboxylic acids is 1. The van der Waals surface area contributed by atoms with Crippen LogP contribution in [0.1, 0.15) is 29.3 Å². The summed E-state index contributed by atoms with van der Waals surface area (Å²) in [4.78, 5) is 14.2. The lowest BCUT2D eigenvalue weighted by Gasteiger charge is -2.16. The van der Waals surface area contributed by atoms with E-state index < -0.39 is 0 Å². The number of nitrogens with zero attached hydrogens (tertiary/aromatic N) is 1. The number of hydrogen-bond donors (Lipinski definition) is 1. The molecule has 1 amide bonds. The molecule has 4 nitrogen and oxygen atoms in total. The number of nitrogens with two attached hydrogens (primary N) is 1. The Labute approximate surface area is 124 Å². The van der Waals surface area contributed by atoms with Gasteiger partial charge in [0.05, 0.1) is 13.2 Å². The molecule has 0 atom stereocenters. The van der Waals surface area contributed by atoms with Crippen molar-refractivity contribution in [2.45, 2.75) is 19.9 Å². The van der Waals surface area contributed by atoms with E-state index in [2.05, 4.69) is 6.92 Å². The van der Waals surface area contributed by atoms with Gasteiger partial charge >= 0.3 is 0 Å². The standard InChI is InChI=1S/C17H18N2O2/c1-2-10-21-13-8-6-12(7-9-13)19-11-15-14(17(19)20)4-3-5-16(15)18/h3-9H,2,10-11,18H2,1H3. The van der Waals surface area contributed by atoms with Gasteiger partial charge in [-0.1, -0.05) is 13.0 Å². The summed E-state index contributed by atoms with van der Waals surface area (Å²) in [6.07, 6.45) is 0.973. The topological polar surface area (TPSA) is 55.6 Å². The molecule has 1 aliphatic heterocycles. The quantitative estimate of drug-likeness (QED) is 0.876. The van der Waals surface area contributed by atoms with Gasteiger partial charge in [-0.3, -0.25) is 4.79 Å². The first-order valence-electron chi connectivity index (χ1n) is 7.13. The summed E-state index contributed by atoms with van der Waals surface area (Å²) in [6.45, 7) is 3.29. The van der Waals surface area contributed by atoms with Gasteiger partial charge in [-0.05, 0) is 42.8 Å². The summed E-state index contributed by atoms with van der Waals surface area (Å²) in [5.74, 6) is 0.823. The van der Waals surface area contributed by atoms with E-state index in [9.17, 15) is 4.79 Å². The van der Waals surface area contributed by atoms with Crippen molar-refractivity contribution in [3.8, 4) is 5.75 Å². The maximum absolute atomic E-state index is 12.4. The van der Waals surface area contributed by atoms with Gasteiger partial charge in [0.15, 0.2) is 0 Å². The normalized spacial score (nSPS) is 13.4. The second-order valence-corrected chi connectivity index (χ2v) is 5.11. The van der Waals surface area contributed by atoms with Crippen LogP contribution in [0.15, 0.2) is 42.5 Å². The van der Waals surface area contributed by atoms with Crippen LogP contribution in [0, 0.1) is 0 Å². The van der Waals surface area contributed by atoms with Crippen molar-refractivity contribution in [2.24, 2.45) is 0 Å². The molecule has 2 aromatic carbocycles. The Kier molecular flexibility index (Phi) is 3.52. The summed E-state index contributed by atoms with van der Waals surface area (Å²) < 4.78 is 5.56. The molecule has 0 unspecified atom stereocenters. The first-order valence-corrected chi connectivity index (χ1v) is 7.13. The number of benzene rings is 2. The monoisotopic (exact) mass is 282 g/mol. The van der Waals surface area contributed by atoms with E-state index in [1.807, 2.05) is 42.5 Å². The van der Waals surface area contributed by atoms with Gasteiger partial charge in [0.1, 0.15) is 5.75 Å². The van der Waals surface area contributed by atoms with Crippen molar-refractivity contribution in [1.82, 2.24) is 0 Å². The highest BCUT2D eigenvalue weighted by Crippen LogP contribution is 2.32. The smallest absolute Gasteiger partial charge is 0.259 e. The fourth-order valence-corrected chi connectivity index (χ4v) is 2.51. The molecule has 108 valence electrons. The third kappa shape index (κ3) is 2.44. The summed E-state index contributed by atoms with van der Waals surface area (Å²) in [5, 5.41) is 0. The van der Waals surface area contributed by atoms with Crippen LogP contribution in [0.4, 0.5) is 11.4 Å². The Balaban J connectivity index is 1.83. The lowest BCUT2D eigenvalue weighted by atomic mass is 10.1. The number of ether oxygens (including phenoxy) is 1. The summed E-state index contributed by atoms with van der Waals surface area (Å²) in [5.41, 5.74) is 9.09. The summed E-state index contributed by atoms with van der Waals surface area (Å²) in [6, 6.07) is 13.1. The SMILES string of the molecule is CCCOc1ccc(N2Cc3c(N)cccc3C2=O)cc1. The minimum atomic E-state index is -0.000438. The van der Waals surface area contributed by atoms with Crippen LogP contribution in [0.2, 0.25) is 0 Å². The van der Waals surface area contributed by atoms with Crippen LogP contribution in [0.3, 0.4) is 0 Å². The molecule has 0 aliphatic carbocycles. The Morgan fingerprint density at radius 3 is 2.62 bits per heavy atom. The van der Waals surface area contributed by atoms with Crippen molar-refractivity contribution < 1.29 is 9.53 Å². The molecule has 3 rings (SSSR count). The fraction of sp³-hybridized carbons (Fsp3) is 0.235. The van der Waals surface area contributed by atoms with Crippen molar-refractivity contribution >= 4 is 17.3 Å². The average Bonchev–Trinajstić information content (AvgIpc) is 2.85. The van der Waals surface area contributed by atoms with Crippen molar-refractivity contribution in [2.75, 3.05) is 17.2 Å². The second kappa shape index (κ2) is 5.48.